The molecule has 31 heavy (non-hydrogen) atoms. The fourth-order valence-electron chi connectivity index (χ4n) is 3.80. The van der Waals surface area contributed by atoms with Gasteiger partial charge in [0.25, 0.3) is 0 Å². The largest absolute Gasteiger partial charge is 0.493 e. The molecule has 0 fully saturated rings. The number of nitrogens with one attached hydrogen (secondary N) is 1. The van der Waals surface area contributed by atoms with E-state index in [4.69, 9.17) is 9.47 Å². The van der Waals surface area contributed by atoms with E-state index in [0.717, 1.165) is 16.9 Å². The van der Waals surface area contributed by atoms with E-state index >= 15 is 0 Å². The summed E-state index contributed by atoms with van der Waals surface area (Å²) in [5, 5.41) is 12.6. The first-order valence-corrected chi connectivity index (χ1v) is 10.5. The van der Waals surface area contributed by atoms with Gasteiger partial charge in [-0.05, 0) is 42.3 Å². The summed E-state index contributed by atoms with van der Waals surface area (Å²) >= 11 is 1.10. The van der Waals surface area contributed by atoms with Gasteiger partial charge < -0.3 is 19.9 Å². The number of fused-ring (bicyclic) bond motifs is 1. The van der Waals surface area contributed by atoms with Crippen molar-refractivity contribution in [2.75, 3.05) is 19.0 Å². The molecule has 2 aromatic carbocycles. The van der Waals surface area contributed by atoms with Crippen molar-refractivity contribution in [1.29, 1.82) is 0 Å². The normalized spacial score (nSPS) is 15.2. The second-order valence-electron chi connectivity index (χ2n) is 7.01. The van der Waals surface area contributed by atoms with Crippen LogP contribution in [0.5, 0.6) is 11.5 Å². The van der Waals surface area contributed by atoms with Crippen molar-refractivity contribution < 1.29 is 28.6 Å². The smallest absolute Gasteiger partial charge is 0.346 e. The number of thiophene rings is 1. The highest BCUT2D eigenvalue weighted by molar-refractivity contribution is 7.15. The molecule has 2 heterocycles. The number of carbonyl (C=O) groups is 2. The average molecular weight is 441 g/mol. The summed E-state index contributed by atoms with van der Waals surface area (Å²) in [4.78, 5) is 25.4. The van der Waals surface area contributed by atoms with Crippen LogP contribution in [0.2, 0.25) is 0 Å². The van der Waals surface area contributed by atoms with E-state index in [9.17, 15) is 19.1 Å². The molecule has 0 saturated carbocycles. The molecule has 0 spiro atoms. The summed E-state index contributed by atoms with van der Waals surface area (Å²) in [5.74, 6) is -1.09. The highest BCUT2D eigenvalue weighted by atomic mass is 32.1. The molecule has 0 bridgehead atoms. The van der Waals surface area contributed by atoms with Crippen LogP contribution in [0.3, 0.4) is 0 Å². The lowest BCUT2D eigenvalue weighted by molar-refractivity contribution is -0.116. The van der Waals surface area contributed by atoms with E-state index < -0.39 is 11.8 Å². The summed E-state index contributed by atoms with van der Waals surface area (Å²) < 4.78 is 24.9. The molecule has 0 unspecified atom stereocenters. The molecule has 3 aromatic rings. The quantitative estimate of drug-likeness (QED) is 0.554. The van der Waals surface area contributed by atoms with E-state index in [2.05, 4.69) is 5.32 Å². The van der Waals surface area contributed by atoms with E-state index in [0.29, 0.717) is 39.8 Å². The lowest BCUT2D eigenvalue weighted by Crippen LogP contribution is -2.22. The van der Waals surface area contributed by atoms with E-state index in [-0.39, 0.29) is 23.1 Å². The Bertz CT molecular complexity index is 1170. The standard InChI is InChI=1S/C23H20FNO5S/c1-3-30-17-10-12(7-8-16(17)29-2)15-11-18(26)25-20-19(13-5-4-6-14(24)9-13)22(23(27)28)31-21(15)20/h4-10,15H,3,11H2,1-2H3,(H,25,26)(H,27,28)/t15-/m0/s1. The van der Waals surface area contributed by atoms with Crippen LogP contribution in [0.25, 0.3) is 11.1 Å². The lowest BCUT2D eigenvalue weighted by atomic mass is 9.88. The van der Waals surface area contributed by atoms with Crippen molar-refractivity contribution >= 4 is 28.9 Å². The number of ether oxygens (including phenoxy) is 2. The van der Waals surface area contributed by atoms with Crippen LogP contribution in [-0.4, -0.2) is 30.7 Å². The van der Waals surface area contributed by atoms with Crippen LogP contribution in [0.4, 0.5) is 10.1 Å². The topological polar surface area (TPSA) is 84.9 Å². The number of rotatable bonds is 6. The van der Waals surface area contributed by atoms with Crippen LogP contribution in [0.1, 0.15) is 39.4 Å². The van der Waals surface area contributed by atoms with Gasteiger partial charge in [0.15, 0.2) is 11.5 Å². The summed E-state index contributed by atoms with van der Waals surface area (Å²) in [6, 6.07) is 11.1. The van der Waals surface area contributed by atoms with Crippen LogP contribution < -0.4 is 14.8 Å². The number of benzene rings is 2. The number of hydrogen-bond acceptors (Lipinski definition) is 5. The van der Waals surface area contributed by atoms with Gasteiger partial charge in [-0.1, -0.05) is 18.2 Å². The number of hydrogen-bond donors (Lipinski definition) is 2. The molecule has 4 rings (SSSR count). The maximum absolute atomic E-state index is 13.9. The van der Waals surface area contributed by atoms with Gasteiger partial charge in [0.1, 0.15) is 10.7 Å². The third-order valence-electron chi connectivity index (χ3n) is 5.10. The average Bonchev–Trinajstić information content (AvgIpc) is 3.13. The van der Waals surface area contributed by atoms with E-state index in [1.807, 2.05) is 19.1 Å². The van der Waals surface area contributed by atoms with Gasteiger partial charge in [0, 0.05) is 22.8 Å². The lowest BCUT2D eigenvalue weighted by Gasteiger charge is -2.24. The van der Waals surface area contributed by atoms with Crippen LogP contribution in [0, 0.1) is 5.82 Å². The van der Waals surface area contributed by atoms with Crippen molar-refractivity contribution in [3.8, 4) is 22.6 Å². The number of carboxylic acids is 1. The van der Waals surface area contributed by atoms with Crippen LogP contribution in [-0.2, 0) is 4.79 Å². The molecule has 1 aromatic heterocycles. The van der Waals surface area contributed by atoms with Crippen molar-refractivity contribution in [3.63, 3.8) is 0 Å². The number of aromatic carboxylic acids is 1. The third kappa shape index (κ3) is 3.86. The van der Waals surface area contributed by atoms with Crippen molar-refractivity contribution in [1.82, 2.24) is 0 Å². The van der Waals surface area contributed by atoms with Gasteiger partial charge in [-0.25, -0.2) is 9.18 Å². The van der Waals surface area contributed by atoms with Gasteiger partial charge in [0.2, 0.25) is 5.91 Å². The highest BCUT2D eigenvalue weighted by Gasteiger charge is 2.35. The Labute approximate surface area is 182 Å². The molecule has 160 valence electrons. The molecule has 8 heteroatoms. The summed E-state index contributed by atoms with van der Waals surface area (Å²) in [6.45, 7) is 2.31. The second-order valence-corrected chi connectivity index (χ2v) is 8.06. The monoisotopic (exact) mass is 441 g/mol. The minimum Gasteiger partial charge on any atom is -0.493 e. The molecule has 2 N–H and O–H groups in total. The third-order valence-corrected chi connectivity index (χ3v) is 6.39. The van der Waals surface area contributed by atoms with Crippen molar-refractivity contribution in [2.24, 2.45) is 0 Å². The predicted molar refractivity (Wildman–Crippen MR) is 116 cm³/mol. The maximum Gasteiger partial charge on any atom is 0.346 e. The van der Waals surface area contributed by atoms with Gasteiger partial charge in [-0.3, -0.25) is 4.79 Å². The van der Waals surface area contributed by atoms with Gasteiger partial charge in [0.05, 0.1) is 19.4 Å². The number of anilines is 1. The maximum atomic E-state index is 13.9. The number of amides is 1. The van der Waals surface area contributed by atoms with E-state index in [1.165, 1.54) is 18.2 Å². The SMILES string of the molecule is CCOc1cc([C@@H]2CC(=O)Nc3c2sc(C(=O)O)c3-c2cccc(F)c2)ccc1OC. The fraction of sp³-hybridized carbons (Fsp3) is 0.217. The Morgan fingerprint density at radius 1 is 1.26 bits per heavy atom. The zero-order valence-electron chi connectivity index (χ0n) is 16.9. The molecular weight excluding hydrogens is 421 g/mol. The fourth-order valence-corrected chi connectivity index (χ4v) is 5.05. The van der Waals surface area contributed by atoms with Gasteiger partial charge in [-0.2, -0.15) is 0 Å². The summed E-state index contributed by atoms with van der Waals surface area (Å²) in [7, 11) is 1.55. The molecule has 0 aliphatic carbocycles. The van der Waals surface area contributed by atoms with Crippen LogP contribution >= 0.6 is 11.3 Å². The minimum atomic E-state index is -1.13. The Hall–Kier alpha value is -3.39. The predicted octanol–water partition coefficient (Wildman–Crippen LogP) is 5.13. The summed E-state index contributed by atoms with van der Waals surface area (Å²) in [5.41, 5.74) is 1.96. The number of methoxy groups -OCH3 is 1. The molecule has 0 saturated heterocycles. The molecule has 1 atom stereocenters. The molecule has 0 radical (unpaired) electrons. The summed E-state index contributed by atoms with van der Waals surface area (Å²) in [6.07, 6.45) is 0.160. The van der Waals surface area contributed by atoms with Gasteiger partial charge >= 0.3 is 5.97 Å². The number of carboxylic acid groups (broad SMARTS) is 1. The molecule has 1 aliphatic heterocycles. The Kier molecular flexibility index (Phi) is 5.65. The Balaban J connectivity index is 1.89. The highest BCUT2D eigenvalue weighted by Crippen LogP contribution is 2.50. The van der Waals surface area contributed by atoms with Crippen molar-refractivity contribution in [3.05, 3.63) is 63.6 Å². The molecule has 1 amide bonds. The first kappa shape index (κ1) is 20.9. The number of carbonyl (C=O) groups excluding carboxylic acids is 1. The molecular formula is C23H20FNO5S. The van der Waals surface area contributed by atoms with E-state index in [1.54, 1.807) is 19.2 Å². The zero-order valence-corrected chi connectivity index (χ0v) is 17.7. The second kappa shape index (κ2) is 8.39. The minimum absolute atomic E-state index is 0.0568. The van der Waals surface area contributed by atoms with Gasteiger partial charge in [-0.15, -0.1) is 11.3 Å². The van der Waals surface area contributed by atoms with Crippen LogP contribution in [0.15, 0.2) is 42.5 Å². The first-order chi connectivity index (χ1) is 14.9. The molecule has 6 nitrogen and oxygen atoms in total. The first-order valence-electron chi connectivity index (χ1n) is 9.69. The Morgan fingerprint density at radius 3 is 2.74 bits per heavy atom. The van der Waals surface area contributed by atoms with Crippen molar-refractivity contribution in [2.45, 2.75) is 19.3 Å². The molecule has 1 aliphatic rings. The Morgan fingerprint density at radius 2 is 2.06 bits per heavy atom. The number of halogens is 1. The zero-order chi connectivity index (χ0) is 22.1.